The lowest BCUT2D eigenvalue weighted by molar-refractivity contribution is -0.134. The number of carbonyl (C=O) groups is 3. The Kier molecular flexibility index (Phi) is 7.22. The van der Waals surface area contributed by atoms with Crippen molar-refractivity contribution in [2.75, 3.05) is 11.9 Å². The van der Waals surface area contributed by atoms with Crippen LogP contribution in [0.15, 0.2) is 48.2 Å². The summed E-state index contributed by atoms with van der Waals surface area (Å²) in [4.78, 5) is 48.0. The summed E-state index contributed by atoms with van der Waals surface area (Å²) < 4.78 is 7.37. The molecular formula is C22H14Br4N4O4. The van der Waals surface area contributed by atoms with Gasteiger partial charge in [-0.3, -0.25) is 14.5 Å². The summed E-state index contributed by atoms with van der Waals surface area (Å²) in [5, 5.41) is 3.07. The number of nitrogens with zero attached hydrogens (tertiary/aromatic N) is 3. The number of hydrogen-bond acceptors (Lipinski definition) is 7. The van der Waals surface area contributed by atoms with Gasteiger partial charge in [0.25, 0.3) is 11.8 Å². The molecule has 0 atom stereocenters. The van der Waals surface area contributed by atoms with Gasteiger partial charge in [-0.2, -0.15) is 0 Å². The first kappa shape index (κ1) is 25.0. The molecule has 2 heterocycles. The fraction of sp³-hybridized carbons (Fsp3) is 0.136. The summed E-state index contributed by atoms with van der Waals surface area (Å²) >= 11 is 13.4. The van der Waals surface area contributed by atoms with Crippen molar-refractivity contribution in [1.29, 1.82) is 0 Å². The Morgan fingerprint density at radius 3 is 2.03 bits per heavy atom. The van der Waals surface area contributed by atoms with Gasteiger partial charge in [-0.25, -0.2) is 14.8 Å². The molecule has 0 aliphatic carbocycles. The maximum absolute atomic E-state index is 12.9. The molecular weight excluding hydrogens is 704 g/mol. The molecule has 8 nitrogen and oxygen atoms in total. The molecule has 0 fully saturated rings. The quantitative estimate of drug-likeness (QED) is 0.112. The van der Waals surface area contributed by atoms with Gasteiger partial charge >= 0.3 is 5.97 Å². The molecule has 12 heteroatoms. The van der Waals surface area contributed by atoms with Crippen LogP contribution in [0.5, 0.6) is 5.75 Å². The van der Waals surface area contributed by atoms with Crippen LogP contribution < -0.4 is 10.1 Å². The van der Waals surface area contributed by atoms with E-state index >= 15 is 0 Å². The minimum atomic E-state index is -0.764. The van der Waals surface area contributed by atoms with Gasteiger partial charge in [0.05, 0.1) is 11.1 Å². The number of halogens is 4. The number of amides is 2. The molecule has 1 aliphatic heterocycles. The number of nitrogens with one attached hydrogen (secondary N) is 1. The van der Waals surface area contributed by atoms with Crippen LogP contribution >= 0.6 is 63.7 Å². The third kappa shape index (κ3) is 4.81. The normalized spacial score (nSPS) is 12.7. The van der Waals surface area contributed by atoms with Gasteiger partial charge in [-0.15, -0.1) is 0 Å². The Bertz CT molecular complexity index is 1310. The molecule has 0 radical (unpaired) electrons. The second-order valence-electron chi connectivity index (χ2n) is 7.30. The van der Waals surface area contributed by atoms with Gasteiger partial charge in [-0.1, -0.05) is 6.07 Å². The Morgan fingerprint density at radius 2 is 1.47 bits per heavy atom. The molecule has 4 rings (SSSR count). The molecule has 1 aromatic heterocycles. The van der Waals surface area contributed by atoms with Crippen molar-refractivity contribution in [1.82, 2.24) is 14.9 Å². The molecule has 0 spiro atoms. The van der Waals surface area contributed by atoms with Crippen LogP contribution in [0, 0.1) is 13.8 Å². The van der Waals surface area contributed by atoms with E-state index in [-0.39, 0.29) is 16.9 Å². The van der Waals surface area contributed by atoms with Crippen molar-refractivity contribution < 1.29 is 19.1 Å². The Labute approximate surface area is 228 Å². The number of rotatable bonds is 5. The molecule has 34 heavy (non-hydrogen) atoms. The second-order valence-corrected chi connectivity index (χ2v) is 10.5. The van der Waals surface area contributed by atoms with Crippen LogP contribution in [-0.4, -0.2) is 39.2 Å². The third-order valence-electron chi connectivity index (χ3n) is 4.78. The predicted octanol–water partition coefficient (Wildman–Crippen LogP) is 6.09. The fourth-order valence-corrected chi connectivity index (χ4v) is 5.84. The van der Waals surface area contributed by atoms with Gasteiger partial charge in [0.1, 0.15) is 12.3 Å². The first-order valence-corrected chi connectivity index (χ1v) is 12.9. The summed E-state index contributed by atoms with van der Waals surface area (Å²) in [7, 11) is 0. The van der Waals surface area contributed by atoms with Crippen LogP contribution in [0.4, 0.5) is 11.6 Å². The number of esters is 1. The standard InChI is InChI=1S/C22H14Br4N4O4/c1-9-6-10(2)28-22(27-9)29-11-4-3-5-12(7-11)34-13(31)8-30-20(32)14-15(21(30)33)17(24)19(26)18(25)16(14)23/h3-7H,8H2,1-2H3,(H,27,28,29). The van der Waals surface area contributed by atoms with E-state index in [0.717, 1.165) is 16.3 Å². The second kappa shape index (κ2) is 9.84. The first-order chi connectivity index (χ1) is 16.1. The minimum Gasteiger partial charge on any atom is -0.425 e. The van der Waals surface area contributed by atoms with Crippen molar-refractivity contribution in [2.45, 2.75) is 13.8 Å². The zero-order valence-corrected chi connectivity index (χ0v) is 23.9. The lowest BCUT2D eigenvalue weighted by Crippen LogP contribution is -2.36. The molecule has 1 aliphatic rings. The summed E-state index contributed by atoms with van der Waals surface area (Å²) in [6, 6.07) is 8.52. The van der Waals surface area contributed by atoms with Crippen LogP contribution in [0.25, 0.3) is 0 Å². The van der Waals surface area contributed by atoms with E-state index in [2.05, 4.69) is 79.0 Å². The smallest absolute Gasteiger partial charge is 0.331 e. The zero-order valence-electron chi connectivity index (χ0n) is 17.6. The van der Waals surface area contributed by atoms with Crippen molar-refractivity contribution in [3.63, 3.8) is 0 Å². The van der Waals surface area contributed by atoms with Gasteiger partial charge in [-0.05, 0) is 95.8 Å². The van der Waals surface area contributed by atoms with Crippen LogP contribution in [0.1, 0.15) is 32.1 Å². The number of hydrogen-bond donors (Lipinski definition) is 1. The zero-order chi connectivity index (χ0) is 24.7. The monoisotopic (exact) mass is 714 g/mol. The third-order valence-corrected chi connectivity index (χ3v) is 9.54. The van der Waals surface area contributed by atoms with Crippen molar-refractivity contribution in [2.24, 2.45) is 0 Å². The van der Waals surface area contributed by atoms with E-state index in [1.807, 2.05) is 19.9 Å². The molecule has 1 N–H and O–H groups in total. The predicted molar refractivity (Wildman–Crippen MR) is 139 cm³/mol. The minimum absolute atomic E-state index is 0.166. The van der Waals surface area contributed by atoms with E-state index < -0.39 is 24.3 Å². The average Bonchev–Trinajstić information content (AvgIpc) is 3.00. The summed E-state index contributed by atoms with van der Waals surface area (Å²) in [5.74, 6) is -1.30. The molecule has 2 amide bonds. The highest BCUT2D eigenvalue weighted by Gasteiger charge is 2.42. The lowest BCUT2D eigenvalue weighted by Gasteiger charge is -2.13. The molecule has 0 saturated heterocycles. The number of anilines is 2. The maximum Gasteiger partial charge on any atom is 0.331 e. The molecule has 0 unspecified atom stereocenters. The largest absolute Gasteiger partial charge is 0.425 e. The summed E-state index contributed by atoms with van der Waals surface area (Å²) in [5.41, 5.74) is 2.57. The molecule has 2 aromatic carbocycles. The van der Waals surface area contributed by atoms with Gasteiger partial charge in [0.2, 0.25) is 5.95 Å². The van der Waals surface area contributed by atoms with Crippen molar-refractivity contribution in [3.8, 4) is 5.75 Å². The number of aryl methyl sites for hydroxylation is 2. The topological polar surface area (TPSA) is 101 Å². The van der Waals surface area contributed by atoms with E-state index in [4.69, 9.17) is 4.74 Å². The molecule has 3 aromatic rings. The van der Waals surface area contributed by atoms with E-state index in [1.165, 1.54) is 0 Å². The number of carbonyl (C=O) groups excluding carboxylic acids is 3. The molecule has 0 saturated carbocycles. The van der Waals surface area contributed by atoms with Crippen molar-refractivity contribution in [3.05, 3.63) is 70.7 Å². The summed E-state index contributed by atoms with van der Waals surface area (Å²) in [6.45, 7) is 3.19. The summed E-state index contributed by atoms with van der Waals surface area (Å²) in [6.07, 6.45) is 0. The Hall–Kier alpha value is -2.15. The maximum atomic E-state index is 12.9. The highest BCUT2D eigenvalue weighted by molar-refractivity contribution is 9.15. The van der Waals surface area contributed by atoms with E-state index in [1.54, 1.807) is 24.3 Å². The fourth-order valence-electron chi connectivity index (χ4n) is 3.38. The van der Waals surface area contributed by atoms with E-state index in [9.17, 15) is 14.4 Å². The average molecular weight is 718 g/mol. The number of benzene rings is 2. The number of imide groups is 1. The first-order valence-electron chi connectivity index (χ1n) is 9.69. The number of fused-ring (bicyclic) bond motifs is 1. The van der Waals surface area contributed by atoms with Gasteiger partial charge in [0.15, 0.2) is 0 Å². The van der Waals surface area contributed by atoms with Crippen LogP contribution in [-0.2, 0) is 4.79 Å². The number of ether oxygens (including phenoxy) is 1. The van der Waals surface area contributed by atoms with E-state index in [0.29, 0.717) is 29.5 Å². The molecule has 0 bridgehead atoms. The Morgan fingerprint density at radius 1 is 0.912 bits per heavy atom. The van der Waals surface area contributed by atoms with Gasteiger partial charge in [0, 0.05) is 41.0 Å². The van der Waals surface area contributed by atoms with Crippen LogP contribution in [0.3, 0.4) is 0 Å². The Balaban J connectivity index is 1.50. The van der Waals surface area contributed by atoms with Crippen molar-refractivity contribution >= 4 is 93.1 Å². The number of aromatic nitrogens is 2. The SMILES string of the molecule is Cc1cc(C)nc(Nc2cccc(OC(=O)CN3C(=O)c4c(Br)c(Br)c(Br)c(Br)c4C3=O)c2)n1. The lowest BCUT2D eigenvalue weighted by atomic mass is 10.1. The van der Waals surface area contributed by atoms with Crippen LogP contribution in [0.2, 0.25) is 0 Å². The highest BCUT2D eigenvalue weighted by atomic mass is 79.9. The molecule has 174 valence electrons. The van der Waals surface area contributed by atoms with Gasteiger partial charge < -0.3 is 10.1 Å². The highest BCUT2D eigenvalue weighted by Crippen LogP contribution is 2.45.